The normalized spacial score (nSPS) is 11.0. The topological polar surface area (TPSA) is 93.0 Å². The molecule has 0 spiro atoms. The van der Waals surface area contributed by atoms with Gasteiger partial charge >= 0.3 is 6.01 Å². The lowest BCUT2D eigenvalue weighted by molar-refractivity contribution is 0.0755. The quantitative estimate of drug-likeness (QED) is 0.744. The van der Waals surface area contributed by atoms with Gasteiger partial charge in [0.1, 0.15) is 5.75 Å². The Labute approximate surface area is 134 Å². The first kappa shape index (κ1) is 15.7. The van der Waals surface area contributed by atoms with Crippen molar-refractivity contribution < 1.29 is 18.6 Å². The summed E-state index contributed by atoms with van der Waals surface area (Å²) in [6.07, 6.45) is -1.24. The molecule has 2 heterocycles. The van der Waals surface area contributed by atoms with Crippen LogP contribution in [0.4, 0.5) is 8.78 Å². The van der Waals surface area contributed by atoms with Crippen LogP contribution < -0.4 is 10.3 Å². The van der Waals surface area contributed by atoms with E-state index in [1.807, 2.05) is 0 Å². The van der Waals surface area contributed by atoms with Crippen LogP contribution in [0.25, 0.3) is 17.1 Å². The number of phenolic OH excluding ortho intramolecular Hbond substituents is 1. The van der Waals surface area contributed by atoms with Crippen LogP contribution in [-0.4, -0.2) is 37.9 Å². The van der Waals surface area contributed by atoms with Crippen molar-refractivity contribution in [2.75, 3.05) is 6.61 Å². The van der Waals surface area contributed by atoms with Crippen LogP contribution in [0, 0.1) is 0 Å². The van der Waals surface area contributed by atoms with Gasteiger partial charge in [-0.3, -0.25) is 9.89 Å². The maximum Gasteiger partial charge on any atom is 0.304 e. The number of ether oxygens (including phenoxy) is 1. The standard InChI is InChI=1S/C15H12F2N4O3/c16-13(17)8-24-15-19-12(11-5-6-18-20-11)7-14(23)21(15)9-1-3-10(22)4-2-9/h1-7,13,22H,8H2,(H,18,20). The van der Waals surface area contributed by atoms with Crippen LogP contribution in [0.2, 0.25) is 0 Å². The average molecular weight is 334 g/mol. The molecule has 9 heteroatoms. The molecule has 0 radical (unpaired) electrons. The Hall–Kier alpha value is -3.23. The molecule has 3 aromatic rings. The molecule has 0 unspecified atom stereocenters. The second-order valence-electron chi connectivity index (χ2n) is 4.79. The number of phenols is 1. The fourth-order valence-electron chi connectivity index (χ4n) is 2.07. The van der Waals surface area contributed by atoms with Crippen molar-refractivity contribution in [2.45, 2.75) is 6.43 Å². The Bertz CT molecular complexity index is 877. The van der Waals surface area contributed by atoms with E-state index in [1.54, 1.807) is 6.07 Å². The lowest BCUT2D eigenvalue weighted by Crippen LogP contribution is -2.23. The first-order valence-electron chi connectivity index (χ1n) is 6.89. The molecule has 0 fully saturated rings. The van der Waals surface area contributed by atoms with Gasteiger partial charge in [0.2, 0.25) is 0 Å². The van der Waals surface area contributed by atoms with Gasteiger partial charge in [-0.2, -0.15) is 10.1 Å². The lowest BCUT2D eigenvalue weighted by Gasteiger charge is -2.13. The smallest absolute Gasteiger partial charge is 0.304 e. The van der Waals surface area contributed by atoms with Crippen LogP contribution in [0.5, 0.6) is 11.8 Å². The summed E-state index contributed by atoms with van der Waals surface area (Å²) in [6, 6.07) is 8.16. The average Bonchev–Trinajstić information content (AvgIpc) is 3.08. The molecule has 0 aliphatic carbocycles. The van der Waals surface area contributed by atoms with E-state index in [2.05, 4.69) is 15.2 Å². The molecule has 0 saturated carbocycles. The summed E-state index contributed by atoms with van der Waals surface area (Å²) in [4.78, 5) is 16.6. The largest absolute Gasteiger partial charge is 0.508 e. The molecular formula is C15H12F2N4O3. The van der Waals surface area contributed by atoms with Crippen molar-refractivity contribution in [3.63, 3.8) is 0 Å². The maximum atomic E-state index is 12.5. The zero-order valence-electron chi connectivity index (χ0n) is 12.2. The van der Waals surface area contributed by atoms with Crippen molar-refractivity contribution in [3.8, 4) is 28.8 Å². The molecule has 7 nitrogen and oxygen atoms in total. The predicted molar refractivity (Wildman–Crippen MR) is 80.6 cm³/mol. The molecule has 0 amide bonds. The van der Waals surface area contributed by atoms with Gasteiger partial charge in [0.25, 0.3) is 12.0 Å². The first-order valence-corrected chi connectivity index (χ1v) is 6.89. The number of aromatic nitrogens is 4. The number of H-pyrrole nitrogens is 1. The van der Waals surface area contributed by atoms with Gasteiger partial charge in [0, 0.05) is 12.3 Å². The number of hydrogen-bond donors (Lipinski definition) is 2. The van der Waals surface area contributed by atoms with Crippen LogP contribution in [-0.2, 0) is 0 Å². The highest BCUT2D eigenvalue weighted by atomic mass is 19.3. The number of aromatic amines is 1. The summed E-state index contributed by atoms with van der Waals surface area (Å²) in [6.45, 7) is -0.906. The van der Waals surface area contributed by atoms with E-state index in [1.165, 1.54) is 36.5 Å². The third-order valence-electron chi connectivity index (χ3n) is 3.11. The van der Waals surface area contributed by atoms with E-state index in [9.17, 15) is 18.7 Å². The molecule has 1 aromatic carbocycles. The fraction of sp³-hybridized carbons (Fsp3) is 0.133. The highest BCUT2D eigenvalue weighted by Crippen LogP contribution is 2.20. The molecule has 0 bridgehead atoms. The Morgan fingerprint density at radius 3 is 2.62 bits per heavy atom. The van der Waals surface area contributed by atoms with Crippen LogP contribution in [0.15, 0.2) is 47.4 Å². The third kappa shape index (κ3) is 3.24. The molecule has 0 atom stereocenters. The number of nitrogens with one attached hydrogen (secondary N) is 1. The summed E-state index contributed by atoms with van der Waals surface area (Å²) in [7, 11) is 0. The Morgan fingerprint density at radius 1 is 1.25 bits per heavy atom. The minimum atomic E-state index is -2.72. The van der Waals surface area contributed by atoms with Gasteiger partial charge in [-0.25, -0.2) is 13.3 Å². The number of aromatic hydroxyl groups is 1. The predicted octanol–water partition coefficient (Wildman–Crippen LogP) is 1.97. The molecule has 0 saturated heterocycles. The Morgan fingerprint density at radius 2 is 2.00 bits per heavy atom. The number of alkyl halides is 2. The minimum Gasteiger partial charge on any atom is -0.508 e. The SMILES string of the molecule is O=c1cc(-c2ccn[nH]2)nc(OCC(F)F)n1-c1ccc(O)cc1. The minimum absolute atomic E-state index is 0.00360. The first-order chi connectivity index (χ1) is 11.5. The van der Waals surface area contributed by atoms with Crippen molar-refractivity contribution in [1.82, 2.24) is 19.7 Å². The monoisotopic (exact) mass is 334 g/mol. The third-order valence-corrected chi connectivity index (χ3v) is 3.11. The molecule has 2 aromatic heterocycles. The summed E-state index contributed by atoms with van der Waals surface area (Å²) < 4.78 is 31.0. The van der Waals surface area contributed by atoms with Gasteiger partial charge in [0.05, 0.1) is 17.1 Å². The molecule has 124 valence electrons. The molecule has 24 heavy (non-hydrogen) atoms. The van der Waals surface area contributed by atoms with Crippen LogP contribution >= 0.6 is 0 Å². The number of halogens is 2. The Kier molecular flexibility index (Phi) is 4.23. The fourth-order valence-corrected chi connectivity index (χ4v) is 2.07. The molecule has 3 rings (SSSR count). The molecule has 0 aliphatic heterocycles. The van der Waals surface area contributed by atoms with E-state index < -0.39 is 18.6 Å². The summed E-state index contributed by atoms with van der Waals surface area (Å²) >= 11 is 0. The van der Waals surface area contributed by atoms with Gasteiger partial charge < -0.3 is 9.84 Å². The number of rotatable bonds is 5. The Balaban J connectivity index is 2.12. The molecular weight excluding hydrogens is 322 g/mol. The summed E-state index contributed by atoms with van der Waals surface area (Å²) in [5.74, 6) is 0.00360. The van der Waals surface area contributed by atoms with Crippen molar-refractivity contribution in [2.24, 2.45) is 0 Å². The van der Waals surface area contributed by atoms with E-state index in [4.69, 9.17) is 4.74 Å². The number of hydrogen-bond acceptors (Lipinski definition) is 5. The number of benzene rings is 1. The van der Waals surface area contributed by atoms with Crippen molar-refractivity contribution in [1.29, 1.82) is 0 Å². The van der Waals surface area contributed by atoms with Crippen LogP contribution in [0.3, 0.4) is 0 Å². The number of nitrogens with zero attached hydrogens (tertiary/aromatic N) is 3. The van der Waals surface area contributed by atoms with E-state index in [0.29, 0.717) is 11.4 Å². The van der Waals surface area contributed by atoms with Crippen molar-refractivity contribution >= 4 is 0 Å². The highest BCUT2D eigenvalue weighted by molar-refractivity contribution is 5.54. The molecule has 2 N–H and O–H groups in total. The van der Waals surface area contributed by atoms with Gasteiger partial charge in [-0.1, -0.05) is 0 Å². The van der Waals surface area contributed by atoms with Crippen molar-refractivity contribution in [3.05, 3.63) is 52.9 Å². The van der Waals surface area contributed by atoms with E-state index in [0.717, 1.165) is 4.57 Å². The lowest BCUT2D eigenvalue weighted by atomic mass is 10.2. The summed E-state index contributed by atoms with van der Waals surface area (Å²) in [5.41, 5.74) is 0.471. The zero-order valence-corrected chi connectivity index (χ0v) is 12.2. The van der Waals surface area contributed by atoms with Gasteiger partial charge in [-0.05, 0) is 30.3 Å². The van der Waals surface area contributed by atoms with Crippen LogP contribution in [0.1, 0.15) is 0 Å². The zero-order chi connectivity index (χ0) is 17.1. The summed E-state index contributed by atoms with van der Waals surface area (Å²) in [5, 5.41) is 15.7. The van der Waals surface area contributed by atoms with E-state index >= 15 is 0 Å². The van der Waals surface area contributed by atoms with Gasteiger partial charge in [0.15, 0.2) is 6.61 Å². The van der Waals surface area contributed by atoms with E-state index in [-0.39, 0.29) is 17.5 Å². The maximum absolute atomic E-state index is 12.5. The highest BCUT2D eigenvalue weighted by Gasteiger charge is 2.15. The second-order valence-corrected chi connectivity index (χ2v) is 4.79. The second kappa shape index (κ2) is 6.49. The van der Waals surface area contributed by atoms with Gasteiger partial charge in [-0.15, -0.1) is 0 Å². The molecule has 0 aliphatic rings.